The molecule has 0 amide bonds. The van der Waals surface area contributed by atoms with Gasteiger partial charge in [-0.25, -0.2) is 13.1 Å². The highest BCUT2D eigenvalue weighted by Crippen LogP contribution is 1.98. The number of hydrogen-bond donors (Lipinski definition) is 3. The molecule has 2 rings (SSSR count). The molecule has 7 nitrogen and oxygen atoms in total. The number of aromatic nitrogens is 1. The van der Waals surface area contributed by atoms with Crippen LogP contribution in [0.5, 0.6) is 0 Å². The molecule has 0 radical (unpaired) electrons. The zero-order valence-corrected chi connectivity index (χ0v) is 17.9. The lowest BCUT2D eigenvalue weighted by atomic mass is 10.2. The van der Waals surface area contributed by atoms with E-state index in [1.807, 2.05) is 54.9 Å². The molecule has 144 valence electrons. The SMILES string of the molecule is CN=C(NCCn1cccc1)NCCS(=O)(=O)NCc1ccccc1.I. The summed E-state index contributed by atoms with van der Waals surface area (Å²) in [5.74, 6) is 0.573. The van der Waals surface area contributed by atoms with Crippen molar-refractivity contribution < 1.29 is 8.42 Å². The van der Waals surface area contributed by atoms with Crippen LogP contribution in [0.1, 0.15) is 5.56 Å². The molecule has 0 bridgehead atoms. The van der Waals surface area contributed by atoms with Gasteiger partial charge in [-0.05, 0) is 17.7 Å². The second kappa shape index (κ2) is 11.9. The number of guanidine groups is 1. The maximum absolute atomic E-state index is 12.0. The molecular formula is C17H26IN5O2S. The van der Waals surface area contributed by atoms with Gasteiger partial charge in [-0.3, -0.25) is 4.99 Å². The third kappa shape index (κ3) is 8.68. The van der Waals surface area contributed by atoms with Gasteiger partial charge in [0.2, 0.25) is 10.0 Å². The van der Waals surface area contributed by atoms with Crippen molar-refractivity contribution in [3.8, 4) is 0 Å². The lowest BCUT2D eigenvalue weighted by Gasteiger charge is -2.13. The van der Waals surface area contributed by atoms with Crippen LogP contribution < -0.4 is 15.4 Å². The number of sulfonamides is 1. The summed E-state index contributed by atoms with van der Waals surface area (Å²) in [6.07, 6.45) is 3.98. The first kappa shape index (κ1) is 22.5. The number of nitrogens with zero attached hydrogens (tertiary/aromatic N) is 2. The lowest BCUT2D eigenvalue weighted by molar-refractivity contribution is 0.579. The van der Waals surface area contributed by atoms with Crippen molar-refractivity contribution in [3.05, 3.63) is 60.4 Å². The second-order valence-corrected chi connectivity index (χ2v) is 7.40. The Morgan fingerprint density at radius 1 is 1.04 bits per heavy atom. The van der Waals surface area contributed by atoms with Crippen LogP contribution in [0.3, 0.4) is 0 Å². The minimum absolute atomic E-state index is 0. The van der Waals surface area contributed by atoms with E-state index in [0.717, 1.165) is 12.1 Å². The lowest BCUT2D eigenvalue weighted by Crippen LogP contribution is -2.42. The summed E-state index contributed by atoms with van der Waals surface area (Å²) in [6.45, 7) is 2.10. The molecule has 0 saturated heterocycles. The van der Waals surface area contributed by atoms with Crippen molar-refractivity contribution in [2.75, 3.05) is 25.9 Å². The quantitative estimate of drug-likeness (QED) is 0.281. The van der Waals surface area contributed by atoms with Crippen LogP contribution in [-0.2, 0) is 23.1 Å². The molecule has 1 aromatic heterocycles. The van der Waals surface area contributed by atoms with Crippen LogP contribution in [0.25, 0.3) is 0 Å². The summed E-state index contributed by atoms with van der Waals surface area (Å²) in [5, 5.41) is 6.17. The van der Waals surface area contributed by atoms with Gasteiger partial charge >= 0.3 is 0 Å². The fourth-order valence-corrected chi connectivity index (χ4v) is 3.11. The Kier molecular flexibility index (Phi) is 10.3. The Morgan fingerprint density at radius 2 is 1.69 bits per heavy atom. The molecule has 1 heterocycles. The first-order valence-electron chi connectivity index (χ1n) is 8.15. The van der Waals surface area contributed by atoms with E-state index in [-0.39, 0.29) is 36.3 Å². The molecule has 0 spiro atoms. The second-order valence-electron chi connectivity index (χ2n) is 5.47. The van der Waals surface area contributed by atoms with Crippen molar-refractivity contribution >= 4 is 40.0 Å². The summed E-state index contributed by atoms with van der Waals surface area (Å²) in [7, 11) is -1.68. The number of benzene rings is 1. The highest BCUT2D eigenvalue weighted by atomic mass is 127. The fourth-order valence-electron chi connectivity index (χ4n) is 2.21. The highest BCUT2D eigenvalue weighted by molar-refractivity contribution is 14.0. The summed E-state index contributed by atoms with van der Waals surface area (Å²) in [4.78, 5) is 4.09. The van der Waals surface area contributed by atoms with Crippen molar-refractivity contribution in [1.82, 2.24) is 19.9 Å². The zero-order valence-electron chi connectivity index (χ0n) is 14.8. The average molecular weight is 491 g/mol. The number of rotatable bonds is 9. The monoisotopic (exact) mass is 491 g/mol. The Hall–Kier alpha value is -1.59. The van der Waals surface area contributed by atoms with E-state index in [2.05, 4.69) is 24.9 Å². The van der Waals surface area contributed by atoms with E-state index < -0.39 is 10.0 Å². The predicted molar refractivity (Wildman–Crippen MR) is 116 cm³/mol. The number of hydrogen-bond acceptors (Lipinski definition) is 3. The molecule has 0 atom stereocenters. The molecule has 0 unspecified atom stereocenters. The molecule has 26 heavy (non-hydrogen) atoms. The van der Waals surface area contributed by atoms with Gasteiger partial charge in [0, 0.05) is 45.6 Å². The van der Waals surface area contributed by atoms with Crippen LogP contribution in [0.15, 0.2) is 59.9 Å². The normalized spacial score (nSPS) is 11.7. The molecule has 0 aliphatic carbocycles. The van der Waals surface area contributed by atoms with Gasteiger partial charge in [-0.2, -0.15) is 0 Å². The standard InChI is InChI=1S/C17H25N5O2S.HI/c1-18-17(19-9-13-22-11-5-6-12-22)20-10-14-25(23,24)21-15-16-7-3-2-4-8-16;/h2-8,11-12,21H,9-10,13-15H2,1H3,(H2,18,19,20);1H. The summed E-state index contributed by atoms with van der Waals surface area (Å²) < 4.78 is 28.7. The van der Waals surface area contributed by atoms with Gasteiger partial charge in [-0.15, -0.1) is 24.0 Å². The fraction of sp³-hybridized carbons (Fsp3) is 0.353. The van der Waals surface area contributed by atoms with Gasteiger partial charge < -0.3 is 15.2 Å². The molecule has 9 heteroatoms. The molecule has 0 aliphatic heterocycles. The predicted octanol–water partition coefficient (Wildman–Crippen LogP) is 1.39. The number of halogens is 1. The van der Waals surface area contributed by atoms with Crippen LogP contribution in [0, 0.1) is 0 Å². The number of aliphatic imine (C=N–C) groups is 1. The van der Waals surface area contributed by atoms with E-state index >= 15 is 0 Å². The van der Waals surface area contributed by atoms with Gasteiger partial charge in [-0.1, -0.05) is 30.3 Å². The Labute approximate surface area is 172 Å². The molecule has 2 aromatic rings. The molecule has 0 aliphatic rings. The topological polar surface area (TPSA) is 87.5 Å². The van der Waals surface area contributed by atoms with E-state index in [4.69, 9.17) is 0 Å². The summed E-state index contributed by atoms with van der Waals surface area (Å²) in [6, 6.07) is 13.4. The molecule has 0 saturated carbocycles. The average Bonchev–Trinajstić information content (AvgIpc) is 3.13. The van der Waals surface area contributed by atoms with Crippen LogP contribution in [-0.4, -0.2) is 44.8 Å². The molecule has 1 aromatic carbocycles. The van der Waals surface area contributed by atoms with Crippen LogP contribution in [0.2, 0.25) is 0 Å². The van der Waals surface area contributed by atoms with Crippen LogP contribution in [0.4, 0.5) is 0 Å². The third-order valence-electron chi connectivity index (χ3n) is 3.55. The van der Waals surface area contributed by atoms with Crippen molar-refractivity contribution in [3.63, 3.8) is 0 Å². The molecule has 3 N–H and O–H groups in total. The minimum atomic E-state index is -3.34. The zero-order chi connectivity index (χ0) is 18.0. The van der Waals surface area contributed by atoms with E-state index in [0.29, 0.717) is 19.0 Å². The largest absolute Gasteiger partial charge is 0.355 e. The number of nitrogens with one attached hydrogen (secondary N) is 3. The van der Waals surface area contributed by atoms with E-state index in [9.17, 15) is 8.42 Å². The Morgan fingerprint density at radius 3 is 2.35 bits per heavy atom. The van der Waals surface area contributed by atoms with E-state index in [1.165, 1.54) is 0 Å². The van der Waals surface area contributed by atoms with Gasteiger partial charge in [0.15, 0.2) is 5.96 Å². The van der Waals surface area contributed by atoms with Crippen molar-refractivity contribution in [2.45, 2.75) is 13.1 Å². The van der Waals surface area contributed by atoms with Gasteiger partial charge in [0.1, 0.15) is 0 Å². The minimum Gasteiger partial charge on any atom is -0.355 e. The Bertz CT molecular complexity index is 749. The smallest absolute Gasteiger partial charge is 0.213 e. The van der Waals surface area contributed by atoms with E-state index in [1.54, 1.807) is 7.05 Å². The summed E-state index contributed by atoms with van der Waals surface area (Å²) >= 11 is 0. The first-order valence-corrected chi connectivity index (χ1v) is 9.81. The van der Waals surface area contributed by atoms with Gasteiger partial charge in [0.05, 0.1) is 5.75 Å². The summed E-state index contributed by atoms with van der Waals surface area (Å²) in [5.41, 5.74) is 0.932. The maximum Gasteiger partial charge on any atom is 0.213 e. The molecular weight excluding hydrogens is 465 g/mol. The van der Waals surface area contributed by atoms with Crippen molar-refractivity contribution in [1.29, 1.82) is 0 Å². The highest BCUT2D eigenvalue weighted by Gasteiger charge is 2.10. The third-order valence-corrected chi connectivity index (χ3v) is 4.88. The first-order chi connectivity index (χ1) is 12.1. The Balaban J connectivity index is 0.00000338. The van der Waals surface area contributed by atoms with Gasteiger partial charge in [0.25, 0.3) is 0 Å². The molecule has 0 fully saturated rings. The van der Waals surface area contributed by atoms with Crippen LogP contribution >= 0.6 is 24.0 Å². The maximum atomic E-state index is 12.0. The van der Waals surface area contributed by atoms with Crippen molar-refractivity contribution in [2.24, 2.45) is 4.99 Å².